The Bertz CT molecular complexity index is 407. The van der Waals surface area contributed by atoms with Crippen LogP contribution in [0.1, 0.15) is 0 Å². The molecule has 1 saturated heterocycles. The number of rotatable bonds is 4. The number of ether oxygens (including phenoxy) is 1. The zero-order chi connectivity index (χ0) is 12.5. The minimum atomic E-state index is -5.00. The fourth-order valence-corrected chi connectivity index (χ4v) is 1.50. The summed E-state index contributed by atoms with van der Waals surface area (Å²) < 4.78 is 36.9. The summed E-state index contributed by atoms with van der Waals surface area (Å²) in [7, 11) is -5.00. The second kappa shape index (κ2) is 9.27. The van der Waals surface area contributed by atoms with Crippen molar-refractivity contribution in [3.63, 3.8) is 0 Å². The van der Waals surface area contributed by atoms with E-state index < -0.39 is 47.1 Å². The average Bonchev–Trinajstić information content (AvgIpc) is 2.42. The van der Waals surface area contributed by atoms with Crippen LogP contribution in [0.3, 0.4) is 0 Å². The second-order valence-electron chi connectivity index (χ2n) is 2.91. The third-order valence-corrected chi connectivity index (χ3v) is 2.19. The van der Waals surface area contributed by atoms with Crippen molar-refractivity contribution in [2.45, 2.75) is 18.3 Å². The van der Waals surface area contributed by atoms with Gasteiger partial charge in [0.25, 0.3) is 0 Å². The molecular formula is C6H8K2O9S+2. The molecule has 3 unspecified atom stereocenters. The molecule has 1 rings (SSSR count). The molecule has 3 atom stereocenters. The van der Waals surface area contributed by atoms with E-state index in [2.05, 4.69) is 8.92 Å². The first-order valence-electron chi connectivity index (χ1n) is 3.95. The Morgan fingerprint density at radius 1 is 1.33 bits per heavy atom. The van der Waals surface area contributed by atoms with E-state index in [1.807, 2.05) is 0 Å². The fourth-order valence-electron chi connectivity index (χ4n) is 1.08. The standard InChI is InChI=1S/C6H8O9S.2K/c7-1-2(8)4-3(9)5(6(10)14-4)15-16(11,12)13;;/h2,4-5,7-8H,1H2,(H,11,12,13);;/q;2*+1. The molecule has 92 valence electrons. The van der Waals surface area contributed by atoms with Crippen LogP contribution in [0.25, 0.3) is 0 Å². The van der Waals surface area contributed by atoms with Gasteiger partial charge in [-0.15, -0.1) is 0 Å². The summed E-state index contributed by atoms with van der Waals surface area (Å²) in [6, 6.07) is 0. The third kappa shape index (κ3) is 6.32. The monoisotopic (exact) mass is 334 g/mol. The molecule has 0 aromatic carbocycles. The van der Waals surface area contributed by atoms with E-state index in [1.54, 1.807) is 0 Å². The van der Waals surface area contributed by atoms with Gasteiger partial charge >= 0.3 is 119 Å². The SMILES string of the molecule is O=C1OC(C(O)CO)C(=O)C1OS(=O)(=O)O.[K+].[K+]. The molecule has 0 aliphatic carbocycles. The smallest absolute Gasteiger partial charge is 0.449 e. The van der Waals surface area contributed by atoms with E-state index >= 15 is 0 Å². The molecule has 0 spiro atoms. The molecule has 0 bridgehead atoms. The van der Waals surface area contributed by atoms with Gasteiger partial charge in [-0.1, -0.05) is 0 Å². The molecule has 12 heteroatoms. The van der Waals surface area contributed by atoms with Crippen LogP contribution in [-0.2, 0) is 28.9 Å². The predicted molar refractivity (Wildman–Crippen MR) is 44.4 cm³/mol. The summed E-state index contributed by atoms with van der Waals surface area (Å²) in [6.07, 6.45) is -5.53. The Labute approximate surface area is 187 Å². The normalized spacial score (nSPS) is 24.8. The number of Topliss-reactive ketones (excluding diaryl/α,β-unsaturated/α-hetero) is 1. The van der Waals surface area contributed by atoms with Crippen LogP contribution in [0.15, 0.2) is 0 Å². The largest absolute Gasteiger partial charge is 1.00 e. The Kier molecular flexibility index (Phi) is 11.6. The van der Waals surface area contributed by atoms with Crippen molar-refractivity contribution >= 4 is 22.2 Å². The van der Waals surface area contributed by atoms with Gasteiger partial charge in [0.15, 0.2) is 6.10 Å². The van der Waals surface area contributed by atoms with Gasteiger partial charge in [-0.2, -0.15) is 8.42 Å². The van der Waals surface area contributed by atoms with E-state index in [4.69, 9.17) is 14.8 Å². The molecule has 1 aliphatic heterocycles. The number of aliphatic hydroxyl groups is 2. The summed E-state index contributed by atoms with van der Waals surface area (Å²) in [5, 5.41) is 17.6. The van der Waals surface area contributed by atoms with Crippen LogP contribution in [0.2, 0.25) is 0 Å². The van der Waals surface area contributed by atoms with Crippen LogP contribution < -0.4 is 103 Å². The molecular weight excluding hydrogens is 326 g/mol. The number of ketones is 1. The first-order valence-corrected chi connectivity index (χ1v) is 5.31. The van der Waals surface area contributed by atoms with E-state index in [0.717, 1.165) is 0 Å². The van der Waals surface area contributed by atoms with E-state index in [9.17, 15) is 18.0 Å². The maximum Gasteiger partial charge on any atom is 1.00 e. The van der Waals surface area contributed by atoms with Crippen LogP contribution in [0.4, 0.5) is 0 Å². The van der Waals surface area contributed by atoms with Gasteiger partial charge in [0, 0.05) is 0 Å². The quantitative estimate of drug-likeness (QED) is 0.197. The van der Waals surface area contributed by atoms with Crippen LogP contribution in [-0.4, -0.2) is 59.9 Å². The first kappa shape index (κ1) is 22.5. The van der Waals surface area contributed by atoms with Crippen molar-refractivity contribution < 1.29 is 144 Å². The zero-order valence-corrected chi connectivity index (χ0v) is 16.7. The number of carbonyl (C=O) groups excluding carboxylic acids is 2. The second-order valence-corrected chi connectivity index (χ2v) is 3.96. The Morgan fingerprint density at radius 2 is 1.83 bits per heavy atom. The number of hydrogen-bond acceptors (Lipinski definition) is 8. The minimum absolute atomic E-state index is 0. The fraction of sp³-hybridized carbons (Fsp3) is 0.667. The molecule has 1 fully saturated rings. The van der Waals surface area contributed by atoms with Gasteiger partial charge in [0.2, 0.25) is 11.9 Å². The molecule has 0 radical (unpaired) electrons. The Hall–Kier alpha value is 2.20. The minimum Gasteiger partial charge on any atom is -0.449 e. The molecule has 9 nitrogen and oxygen atoms in total. The van der Waals surface area contributed by atoms with Crippen LogP contribution in [0.5, 0.6) is 0 Å². The molecule has 1 heterocycles. The number of aliphatic hydroxyl groups excluding tert-OH is 2. The van der Waals surface area contributed by atoms with Crippen molar-refractivity contribution in [3.8, 4) is 0 Å². The van der Waals surface area contributed by atoms with Crippen molar-refractivity contribution in [1.82, 2.24) is 0 Å². The molecule has 0 amide bonds. The topological polar surface area (TPSA) is 147 Å². The Morgan fingerprint density at radius 3 is 2.22 bits per heavy atom. The van der Waals surface area contributed by atoms with Crippen LogP contribution >= 0.6 is 0 Å². The molecule has 3 N–H and O–H groups in total. The first-order chi connectivity index (χ1) is 7.26. The summed E-state index contributed by atoms with van der Waals surface area (Å²) in [6.45, 7) is -0.859. The summed E-state index contributed by atoms with van der Waals surface area (Å²) in [5.74, 6) is -2.55. The van der Waals surface area contributed by atoms with E-state index in [0.29, 0.717) is 0 Å². The van der Waals surface area contributed by atoms with Gasteiger partial charge in [-0.25, -0.2) is 8.98 Å². The van der Waals surface area contributed by atoms with Crippen molar-refractivity contribution in [3.05, 3.63) is 0 Å². The van der Waals surface area contributed by atoms with Gasteiger partial charge in [0.1, 0.15) is 6.10 Å². The van der Waals surface area contributed by atoms with Crippen molar-refractivity contribution in [2.75, 3.05) is 6.61 Å². The molecule has 1 aliphatic rings. The molecule has 18 heavy (non-hydrogen) atoms. The predicted octanol–water partition coefficient (Wildman–Crippen LogP) is -8.97. The number of carbonyl (C=O) groups is 2. The summed E-state index contributed by atoms with van der Waals surface area (Å²) in [4.78, 5) is 22.2. The average molecular weight is 334 g/mol. The summed E-state index contributed by atoms with van der Waals surface area (Å²) in [5.41, 5.74) is 0. The van der Waals surface area contributed by atoms with Gasteiger partial charge in [0.05, 0.1) is 6.61 Å². The molecule has 0 aromatic heterocycles. The van der Waals surface area contributed by atoms with Gasteiger partial charge in [-0.3, -0.25) is 9.35 Å². The number of cyclic esters (lactones) is 1. The van der Waals surface area contributed by atoms with Gasteiger partial charge < -0.3 is 14.9 Å². The van der Waals surface area contributed by atoms with E-state index in [-0.39, 0.29) is 103 Å². The molecule has 0 aromatic rings. The number of esters is 1. The van der Waals surface area contributed by atoms with E-state index in [1.165, 1.54) is 0 Å². The van der Waals surface area contributed by atoms with Crippen molar-refractivity contribution in [1.29, 1.82) is 0 Å². The van der Waals surface area contributed by atoms with Crippen molar-refractivity contribution in [2.24, 2.45) is 0 Å². The molecule has 0 saturated carbocycles. The summed E-state index contributed by atoms with van der Waals surface area (Å²) >= 11 is 0. The van der Waals surface area contributed by atoms with Crippen LogP contribution in [0, 0.1) is 0 Å². The third-order valence-electron chi connectivity index (χ3n) is 1.75. The maximum absolute atomic E-state index is 11.3. The van der Waals surface area contributed by atoms with Gasteiger partial charge in [-0.05, 0) is 0 Å². The zero-order valence-electron chi connectivity index (χ0n) is 9.64. The number of hydrogen-bond donors (Lipinski definition) is 3. The Balaban J connectivity index is 0. The maximum atomic E-state index is 11.3.